The van der Waals surface area contributed by atoms with Gasteiger partial charge < -0.3 is 9.72 Å². The zero-order valence-electron chi connectivity index (χ0n) is 11.6. The first-order valence-electron chi connectivity index (χ1n) is 6.50. The molecule has 114 valence electrons. The second kappa shape index (κ2) is 5.32. The fourth-order valence-electron chi connectivity index (χ4n) is 2.34. The molecular formula is C15H12F3N3O. The Morgan fingerprint density at radius 1 is 1.18 bits per heavy atom. The van der Waals surface area contributed by atoms with E-state index in [0.29, 0.717) is 27.9 Å². The highest BCUT2D eigenvalue weighted by Crippen LogP contribution is 2.33. The smallest absolute Gasteiger partial charge is 0.396 e. The Bertz CT molecular complexity index is 811. The van der Waals surface area contributed by atoms with Crippen molar-refractivity contribution >= 4 is 11.0 Å². The highest BCUT2D eigenvalue weighted by atomic mass is 19.4. The van der Waals surface area contributed by atoms with Crippen molar-refractivity contribution < 1.29 is 17.9 Å². The van der Waals surface area contributed by atoms with Crippen LogP contribution in [0.4, 0.5) is 13.2 Å². The highest BCUT2D eigenvalue weighted by Gasteiger charge is 2.29. The topological polar surface area (TPSA) is 50.8 Å². The van der Waals surface area contributed by atoms with Gasteiger partial charge in [0.05, 0.1) is 18.1 Å². The van der Waals surface area contributed by atoms with Gasteiger partial charge in [0, 0.05) is 23.5 Å². The first kappa shape index (κ1) is 14.4. The lowest BCUT2D eigenvalue weighted by molar-refractivity contribution is -0.128. The number of halogens is 3. The highest BCUT2D eigenvalue weighted by molar-refractivity contribution is 5.93. The van der Waals surface area contributed by atoms with Crippen molar-refractivity contribution in [2.45, 2.75) is 12.6 Å². The van der Waals surface area contributed by atoms with Crippen LogP contribution in [-0.2, 0) is 6.42 Å². The van der Waals surface area contributed by atoms with Gasteiger partial charge in [-0.3, -0.25) is 4.98 Å². The Morgan fingerprint density at radius 2 is 2.00 bits per heavy atom. The van der Waals surface area contributed by atoms with E-state index in [0.717, 1.165) is 0 Å². The van der Waals surface area contributed by atoms with E-state index in [1.54, 1.807) is 36.7 Å². The number of nitrogens with zero attached hydrogens (tertiary/aromatic N) is 2. The summed E-state index contributed by atoms with van der Waals surface area (Å²) >= 11 is 0. The van der Waals surface area contributed by atoms with Crippen molar-refractivity contribution in [2.75, 3.05) is 7.11 Å². The normalized spacial score (nSPS) is 11.8. The third kappa shape index (κ3) is 2.74. The summed E-state index contributed by atoms with van der Waals surface area (Å²) in [7, 11) is 1.53. The predicted molar refractivity (Wildman–Crippen MR) is 75.6 cm³/mol. The first-order valence-corrected chi connectivity index (χ1v) is 6.50. The second-order valence-electron chi connectivity index (χ2n) is 4.75. The van der Waals surface area contributed by atoms with Crippen molar-refractivity contribution in [3.63, 3.8) is 0 Å². The molecule has 0 unspecified atom stereocenters. The second-order valence-corrected chi connectivity index (χ2v) is 4.75. The molecule has 1 N–H and O–H groups in total. The quantitative estimate of drug-likeness (QED) is 0.802. The van der Waals surface area contributed by atoms with E-state index in [-0.39, 0.29) is 5.82 Å². The molecule has 7 heteroatoms. The number of pyridine rings is 1. The number of nitrogens with one attached hydrogen (secondary N) is 1. The Balaban J connectivity index is 2.14. The molecule has 0 aliphatic carbocycles. The molecule has 1 aromatic carbocycles. The molecule has 0 amide bonds. The molecule has 2 heterocycles. The predicted octanol–water partition coefficient (Wildman–Crippen LogP) is 3.74. The standard InChI is InChI=1S/C15H12F3N3O/c1-22-12-5-6-19-8-10(12)9-3-2-4-11-14(9)21-13(20-11)7-15(16,17)18/h2-6,8H,7H2,1H3,(H,20,21). The summed E-state index contributed by atoms with van der Waals surface area (Å²) in [5.74, 6) is 0.473. The number of rotatable bonds is 3. The molecule has 0 fully saturated rings. The fourth-order valence-corrected chi connectivity index (χ4v) is 2.34. The Hall–Kier alpha value is -2.57. The minimum absolute atomic E-state index is 0.113. The van der Waals surface area contributed by atoms with Gasteiger partial charge in [0.1, 0.15) is 18.0 Å². The molecule has 0 aliphatic heterocycles. The SMILES string of the molecule is COc1ccncc1-c1cccc2[nH]c(CC(F)(F)F)nc12. The van der Waals surface area contributed by atoms with E-state index < -0.39 is 12.6 Å². The first-order chi connectivity index (χ1) is 10.5. The van der Waals surface area contributed by atoms with Crippen LogP contribution in [0.15, 0.2) is 36.7 Å². The summed E-state index contributed by atoms with van der Waals surface area (Å²) in [5.41, 5.74) is 2.36. The van der Waals surface area contributed by atoms with Crippen LogP contribution in [0.5, 0.6) is 5.75 Å². The number of H-pyrrole nitrogens is 1. The summed E-state index contributed by atoms with van der Waals surface area (Å²) in [4.78, 5) is 10.8. The number of hydrogen-bond donors (Lipinski definition) is 1. The van der Waals surface area contributed by atoms with E-state index in [9.17, 15) is 13.2 Å². The summed E-state index contributed by atoms with van der Waals surface area (Å²) in [6, 6.07) is 6.91. The molecule has 0 saturated heterocycles. The van der Waals surface area contributed by atoms with Crippen LogP contribution in [0.3, 0.4) is 0 Å². The summed E-state index contributed by atoms with van der Waals surface area (Å²) < 4.78 is 42.8. The molecular weight excluding hydrogens is 295 g/mol. The van der Waals surface area contributed by atoms with Gasteiger partial charge >= 0.3 is 6.18 Å². The minimum atomic E-state index is -4.31. The molecule has 2 aromatic heterocycles. The number of hydrogen-bond acceptors (Lipinski definition) is 3. The zero-order chi connectivity index (χ0) is 15.7. The number of benzene rings is 1. The fraction of sp³-hybridized carbons (Fsp3) is 0.200. The maximum absolute atomic E-state index is 12.5. The van der Waals surface area contributed by atoms with Gasteiger partial charge in [-0.25, -0.2) is 4.98 Å². The molecule has 3 aromatic rings. The van der Waals surface area contributed by atoms with Gasteiger partial charge in [0.25, 0.3) is 0 Å². The van der Waals surface area contributed by atoms with Crippen molar-refractivity contribution in [3.8, 4) is 16.9 Å². The molecule has 0 aliphatic rings. The van der Waals surface area contributed by atoms with Gasteiger partial charge in [0.15, 0.2) is 0 Å². The van der Waals surface area contributed by atoms with E-state index in [2.05, 4.69) is 15.0 Å². The lowest BCUT2D eigenvalue weighted by Gasteiger charge is -2.07. The average Bonchev–Trinajstić information content (AvgIpc) is 2.87. The largest absolute Gasteiger partial charge is 0.496 e. The summed E-state index contributed by atoms with van der Waals surface area (Å²) in [5, 5.41) is 0. The van der Waals surface area contributed by atoms with Crippen LogP contribution < -0.4 is 4.74 Å². The van der Waals surface area contributed by atoms with E-state index >= 15 is 0 Å². The third-order valence-electron chi connectivity index (χ3n) is 3.22. The number of fused-ring (bicyclic) bond motifs is 1. The van der Waals surface area contributed by atoms with Gasteiger partial charge in [0.2, 0.25) is 0 Å². The lowest BCUT2D eigenvalue weighted by atomic mass is 10.1. The monoisotopic (exact) mass is 307 g/mol. The Morgan fingerprint density at radius 3 is 2.73 bits per heavy atom. The molecule has 0 spiro atoms. The molecule has 0 bridgehead atoms. The molecule has 4 nitrogen and oxygen atoms in total. The van der Waals surface area contributed by atoms with Gasteiger partial charge in [-0.2, -0.15) is 13.2 Å². The molecule has 22 heavy (non-hydrogen) atoms. The number of ether oxygens (including phenoxy) is 1. The van der Waals surface area contributed by atoms with Gasteiger partial charge in [-0.05, 0) is 12.1 Å². The van der Waals surface area contributed by atoms with Gasteiger partial charge in [-0.1, -0.05) is 12.1 Å². The number of alkyl halides is 3. The molecule has 0 atom stereocenters. The molecule has 0 saturated carbocycles. The maximum Gasteiger partial charge on any atom is 0.396 e. The third-order valence-corrected chi connectivity index (χ3v) is 3.22. The number of aromatic nitrogens is 3. The van der Waals surface area contributed by atoms with Crippen LogP contribution in [0, 0.1) is 0 Å². The number of para-hydroxylation sites is 1. The van der Waals surface area contributed by atoms with Crippen LogP contribution in [0.1, 0.15) is 5.82 Å². The Labute approximate surface area is 124 Å². The molecule has 0 radical (unpaired) electrons. The zero-order valence-corrected chi connectivity index (χ0v) is 11.6. The van der Waals surface area contributed by atoms with E-state index in [1.165, 1.54) is 7.11 Å². The van der Waals surface area contributed by atoms with E-state index in [4.69, 9.17) is 4.74 Å². The van der Waals surface area contributed by atoms with Crippen molar-refractivity contribution in [2.24, 2.45) is 0 Å². The van der Waals surface area contributed by atoms with Crippen molar-refractivity contribution in [3.05, 3.63) is 42.5 Å². The van der Waals surface area contributed by atoms with Crippen LogP contribution in [-0.4, -0.2) is 28.2 Å². The lowest BCUT2D eigenvalue weighted by Crippen LogP contribution is -2.12. The number of methoxy groups -OCH3 is 1. The van der Waals surface area contributed by atoms with Crippen LogP contribution in [0.25, 0.3) is 22.2 Å². The Kier molecular flexibility index (Phi) is 3.48. The van der Waals surface area contributed by atoms with Crippen LogP contribution in [0.2, 0.25) is 0 Å². The van der Waals surface area contributed by atoms with Crippen molar-refractivity contribution in [1.82, 2.24) is 15.0 Å². The molecule has 3 rings (SSSR count). The average molecular weight is 307 g/mol. The number of imidazole rings is 1. The summed E-state index contributed by atoms with van der Waals surface area (Å²) in [6.07, 6.45) is -2.21. The summed E-state index contributed by atoms with van der Waals surface area (Å²) in [6.45, 7) is 0. The van der Waals surface area contributed by atoms with Gasteiger partial charge in [-0.15, -0.1) is 0 Å². The number of aromatic amines is 1. The van der Waals surface area contributed by atoms with E-state index in [1.807, 2.05) is 0 Å². The van der Waals surface area contributed by atoms with Crippen LogP contribution >= 0.6 is 0 Å². The van der Waals surface area contributed by atoms with Crippen molar-refractivity contribution in [1.29, 1.82) is 0 Å². The minimum Gasteiger partial charge on any atom is -0.496 e. The maximum atomic E-state index is 12.5.